The van der Waals surface area contributed by atoms with Crippen molar-refractivity contribution in [1.82, 2.24) is 14.9 Å². The third kappa shape index (κ3) is 2.68. The normalized spacial score (nSPS) is 10.8. The van der Waals surface area contributed by atoms with Crippen LogP contribution in [-0.2, 0) is 23.1 Å². The first kappa shape index (κ1) is 12.6. The van der Waals surface area contributed by atoms with Crippen LogP contribution in [0.4, 0.5) is 0 Å². The second kappa shape index (κ2) is 5.64. The molecule has 0 spiro atoms. The summed E-state index contributed by atoms with van der Waals surface area (Å²) < 4.78 is 6.86. The van der Waals surface area contributed by atoms with Gasteiger partial charge in [-0.2, -0.15) is 0 Å². The Morgan fingerprint density at radius 3 is 2.94 bits per heavy atom. The summed E-state index contributed by atoms with van der Waals surface area (Å²) in [7, 11) is 1.97. The zero-order valence-electron chi connectivity index (χ0n) is 10.6. The van der Waals surface area contributed by atoms with Crippen LogP contribution < -0.4 is 5.32 Å². The molecule has 2 rings (SSSR count). The van der Waals surface area contributed by atoms with E-state index >= 15 is 0 Å². The molecule has 1 aromatic heterocycles. The fourth-order valence-corrected chi connectivity index (χ4v) is 1.84. The van der Waals surface area contributed by atoms with E-state index in [1.54, 1.807) is 6.92 Å². The molecule has 0 atom stereocenters. The number of ether oxygens (including phenoxy) is 1. The molecule has 1 aromatic carbocycles. The summed E-state index contributed by atoms with van der Waals surface area (Å²) in [5, 5.41) is 3.03. The minimum Gasteiger partial charge on any atom is -0.465 e. The van der Waals surface area contributed by atoms with Crippen molar-refractivity contribution in [3.63, 3.8) is 0 Å². The maximum atomic E-state index is 11.2. The zero-order valence-corrected chi connectivity index (χ0v) is 10.6. The average Bonchev–Trinajstić information content (AvgIpc) is 2.68. The molecular weight excluding hydrogens is 230 g/mol. The van der Waals surface area contributed by atoms with Crippen molar-refractivity contribution < 1.29 is 9.53 Å². The molecule has 5 heteroatoms. The molecule has 2 aromatic rings. The molecule has 0 aliphatic carbocycles. The van der Waals surface area contributed by atoms with Crippen LogP contribution in [0.2, 0.25) is 0 Å². The number of rotatable bonds is 5. The number of nitrogens with zero attached hydrogens (tertiary/aromatic N) is 2. The van der Waals surface area contributed by atoms with Gasteiger partial charge in [-0.15, -0.1) is 0 Å². The molecule has 0 saturated heterocycles. The Morgan fingerprint density at radius 2 is 2.22 bits per heavy atom. The van der Waals surface area contributed by atoms with Gasteiger partial charge >= 0.3 is 5.97 Å². The second-order valence-corrected chi connectivity index (χ2v) is 3.98. The summed E-state index contributed by atoms with van der Waals surface area (Å²) in [6.07, 6.45) is 0. The number of hydrogen-bond donors (Lipinski definition) is 1. The lowest BCUT2D eigenvalue weighted by atomic mass is 10.3. The van der Waals surface area contributed by atoms with Crippen LogP contribution in [0.3, 0.4) is 0 Å². The van der Waals surface area contributed by atoms with E-state index < -0.39 is 0 Å². The van der Waals surface area contributed by atoms with E-state index in [4.69, 9.17) is 4.74 Å². The maximum absolute atomic E-state index is 11.2. The third-order valence-corrected chi connectivity index (χ3v) is 2.74. The molecule has 0 aliphatic heterocycles. The van der Waals surface area contributed by atoms with Crippen molar-refractivity contribution in [1.29, 1.82) is 0 Å². The topological polar surface area (TPSA) is 56.1 Å². The molecule has 0 amide bonds. The van der Waals surface area contributed by atoms with Crippen LogP contribution in [0.25, 0.3) is 11.0 Å². The van der Waals surface area contributed by atoms with Crippen LogP contribution in [-0.4, -0.2) is 28.7 Å². The van der Waals surface area contributed by atoms with Gasteiger partial charge in [-0.25, -0.2) is 4.98 Å². The predicted molar refractivity (Wildman–Crippen MR) is 69.1 cm³/mol. The average molecular weight is 247 g/mol. The lowest BCUT2D eigenvalue weighted by molar-refractivity contribution is -0.142. The summed E-state index contributed by atoms with van der Waals surface area (Å²) in [6, 6.07) is 7.95. The first-order chi connectivity index (χ1) is 8.72. The van der Waals surface area contributed by atoms with Gasteiger partial charge in [0.1, 0.15) is 5.82 Å². The summed E-state index contributed by atoms with van der Waals surface area (Å²) in [5.74, 6) is 0.664. The Bertz CT molecular complexity index is 548. The standard InChI is InChI=1S/C13H17N3O2/c1-3-18-13(17)9-14-8-12-15-10-6-4-5-7-11(10)16(12)2/h4-7,14H,3,8-9H2,1-2H3. The summed E-state index contributed by atoms with van der Waals surface area (Å²) in [6.45, 7) is 2.96. The van der Waals surface area contributed by atoms with E-state index in [0.29, 0.717) is 13.2 Å². The largest absolute Gasteiger partial charge is 0.465 e. The summed E-state index contributed by atoms with van der Waals surface area (Å²) in [5.41, 5.74) is 2.05. The minimum absolute atomic E-state index is 0.205. The van der Waals surface area contributed by atoms with Gasteiger partial charge in [0.05, 0.1) is 30.7 Å². The van der Waals surface area contributed by atoms with Crippen molar-refractivity contribution in [2.45, 2.75) is 13.5 Å². The lowest BCUT2D eigenvalue weighted by Crippen LogP contribution is -2.25. The van der Waals surface area contributed by atoms with Crippen LogP contribution in [0, 0.1) is 0 Å². The van der Waals surface area contributed by atoms with Gasteiger partial charge in [0.25, 0.3) is 0 Å². The van der Waals surface area contributed by atoms with Crippen LogP contribution >= 0.6 is 0 Å². The van der Waals surface area contributed by atoms with E-state index in [1.807, 2.05) is 35.9 Å². The minimum atomic E-state index is -0.240. The van der Waals surface area contributed by atoms with E-state index in [9.17, 15) is 4.79 Å². The fraction of sp³-hybridized carbons (Fsp3) is 0.385. The van der Waals surface area contributed by atoms with Crippen LogP contribution in [0.15, 0.2) is 24.3 Å². The van der Waals surface area contributed by atoms with Gasteiger partial charge in [-0.1, -0.05) is 12.1 Å². The molecule has 0 unspecified atom stereocenters. The summed E-state index contributed by atoms with van der Waals surface area (Å²) >= 11 is 0. The fourth-order valence-electron chi connectivity index (χ4n) is 1.84. The van der Waals surface area contributed by atoms with E-state index in [0.717, 1.165) is 16.9 Å². The van der Waals surface area contributed by atoms with Crippen molar-refractivity contribution >= 4 is 17.0 Å². The maximum Gasteiger partial charge on any atom is 0.319 e. The smallest absolute Gasteiger partial charge is 0.319 e. The molecule has 1 N–H and O–H groups in total. The quantitative estimate of drug-likeness (QED) is 0.807. The number of aromatic nitrogens is 2. The predicted octanol–water partition coefficient (Wildman–Crippen LogP) is 1.23. The number of carbonyl (C=O) groups is 1. The Balaban J connectivity index is 1.99. The SMILES string of the molecule is CCOC(=O)CNCc1nc2ccccc2n1C. The Hall–Kier alpha value is -1.88. The number of imidazole rings is 1. The third-order valence-electron chi connectivity index (χ3n) is 2.74. The number of esters is 1. The first-order valence-corrected chi connectivity index (χ1v) is 5.99. The second-order valence-electron chi connectivity index (χ2n) is 3.98. The van der Waals surface area contributed by atoms with Crippen LogP contribution in [0.1, 0.15) is 12.7 Å². The monoisotopic (exact) mass is 247 g/mol. The number of nitrogens with one attached hydrogen (secondary N) is 1. The van der Waals surface area contributed by atoms with E-state index in [-0.39, 0.29) is 12.5 Å². The molecule has 0 fully saturated rings. The van der Waals surface area contributed by atoms with Crippen LogP contribution in [0.5, 0.6) is 0 Å². The van der Waals surface area contributed by atoms with E-state index in [2.05, 4.69) is 10.3 Å². The number of carbonyl (C=O) groups excluding carboxylic acids is 1. The molecule has 1 heterocycles. The lowest BCUT2D eigenvalue weighted by Gasteiger charge is -2.04. The highest BCUT2D eigenvalue weighted by Gasteiger charge is 2.07. The zero-order chi connectivity index (χ0) is 13.0. The molecular formula is C13H17N3O2. The van der Waals surface area contributed by atoms with Gasteiger partial charge in [-0.3, -0.25) is 10.1 Å². The molecule has 0 bridgehead atoms. The highest BCUT2D eigenvalue weighted by atomic mass is 16.5. The van der Waals surface area contributed by atoms with Gasteiger partial charge in [0.15, 0.2) is 0 Å². The molecule has 5 nitrogen and oxygen atoms in total. The first-order valence-electron chi connectivity index (χ1n) is 5.99. The number of benzene rings is 1. The molecule has 0 saturated carbocycles. The number of aryl methyl sites for hydroxylation is 1. The van der Waals surface area contributed by atoms with Crippen molar-refractivity contribution in [3.8, 4) is 0 Å². The Labute approximate surface area is 106 Å². The number of fused-ring (bicyclic) bond motifs is 1. The highest BCUT2D eigenvalue weighted by Crippen LogP contribution is 2.13. The van der Waals surface area contributed by atoms with Crippen molar-refractivity contribution in [2.75, 3.05) is 13.2 Å². The number of hydrogen-bond acceptors (Lipinski definition) is 4. The highest BCUT2D eigenvalue weighted by molar-refractivity contribution is 5.75. The van der Waals surface area contributed by atoms with E-state index in [1.165, 1.54) is 0 Å². The Morgan fingerprint density at radius 1 is 1.44 bits per heavy atom. The van der Waals surface area contributed by atoms with Gasteiger partial charge in [0, 0.05) is 7.05 Å². The van der Waals surface area contributed by atoms with Gasteiger partial charge < -0.3 is 9.30 Å². The van der Waals surface area contributed by atoms with Gasteiger partial charge in [-0.05, 0) is 19.1 Å². The van der Waals surface area contributed by atoms with Gasteiger partial charge in [0.2, 0.25) is 0 Å². The van der Waals surface area contributed by atoms with Crippen molar-refractivity contribution in [2.24, 2.45) is 7.05 Å². The van der Waals surface area contributed by atoms with Crippen molar-refractivity contribution in [3.05, 3.63) is 30.1 Å². The molecule has 96 valence electrons. The molecule has 18 heavy (non-hydrogen) atoms. The Kier molecular flexibility index (Phi) is 3.94. The molecule has 0 radical (unpaired) electrons. The number of para-hydroxylation sites is 2. The molecule has 0 aliphatic rings. The summed E-state index contributed by atoms with van der Waals surface area (Å²) in [4.78, 5) is 15.7.